The number of ether oxygens (including phenoxy) is 1. The van der Waals surface area contributed by atoms with E-state index in [2.05, 4.69) is 20.7 Å². The molecule has 152 valence electrons. The van der Waals surface area contributed by atoms with E-state index in [-0.39, 0.29) is 23.4 Å². The van der Waals surface area contributed by atoms with Crippen molar-refractivity contribution in [1.29, 1.82) is 0 Å². The normalized spacial score (nSPS) is 11.1. The summed E-state index contributed by atoms with van der Waals surface area (Å²) in [5, 5.41) is 0.476. The summed E-state index contributed by atoms with van der Waals surface area (Å²) in [6.07, 6.45) is 0. The predicted molar refractivity (Wildman–Crippen MR) is 117 cm³/mol. The number of carbonyl (C=O) groups is 1. The number of nitrogens with zero attached hydrogens (tertiary/aromatic N) is 2. The Morgan fingerprint density at radius 3 is 2.53 bits per heavy atom. The highest BCUT2D eigenvalue weighted by Gasteiger charge is 2.19. The van der Waals surface area contributed by atoms with Crippen LogP contribution in [0.15, 0.2) is 69.9 Å². The lowest BCUT2D eigenvalue weighted by Gasteiger charge is -2.08. The van der Waals surface area contributed by atoms with Crippen LogP contribution in [-0.2, 0) is 11.3 Å². The molecule has 1 heterocycles. The highest BCUT2D eigenvalue weighted by molar-refractivity contribution is 9.10. The number of esters is 1. The second kappa shape index (κ2) is 8.08. The van der Waals surface area contributed by atoms with Gasteiger partial charge in [0.1, 0.15) is 5.82 Å². The Bertz CT molecular complexity index is 1330. The first-order chi connectivity index (χ1) is 14.4. The van der Waals surface area contributed by atoms with Crippen molar-refractivity contribution in [2.24, 2.45) is 0 Å². The first-order valence-corrected chi connectivity index (χ1v) is 10.1. The zero-order valence-corrected chi connectivity index (χ0v) is 18.1. The van der Waals surface area contributed by atoms with Gasteiger partial charge in [-0.1, -0.05) is 39.7 Å². The topological polar surface area (TPSA) is 53.2 Å². The summed E-state index contributed by atoms with van der Waals surface area (Å²) in [5.41, 5.74) is 1.51. The van der Waals surface area contributed by atoms with Gasteiger partial charge >= 0.3 is 11.7 Å². The van der Waals surface area contributed by atoms with E-state index in [1.54, 1.807) is 36.4 Å². The molecule has 0 amide bonds. The number of benzene rings is 3. The molecule has 0 saturated heterocycles. The molecule has 8 heteroatoms. The standard InChI is InChI=1S/C22H15BrClFN2O3/c1-30-21(28)17-4-2-3-13(20(17)25)12-26-18-10-7-15(24)11-19(18)27(22(26)29)16-8-5-14(23)6-9-16/h2-11H,12H2,1H3. The van der Waals surface area contributed by atoms with Crippen molar-refractivity contribution in [3.63, 3.8) is 0 Å². The summed E-state index contributed by atoms with van der Waals surface area (Å²) in [5.74, 6) is -1.49. The quantitative estimate of drug-likeness (QED) is 0.371. The van der Waals surface area contributed by atoms with Crippen LogP contribution in [0.1, 0.15) is 15.9 Å². The van der Waals surface area contributed by atoms with Crippen molar-refractivity contribution in [2.75, 3.05) is 7.11 Å². The van der Waals surface area contributed by atoms with Crippen molar-refractivity contribution in [2.45, 2.75) is 6.54 Å². The largest absolute Gasteiger partial charge is 0.465 e. The Morgan fingerprint density at radius 1 is 1.10 bits per heavy atom. The summed E-state index contributed by atoms with van der Waals surface area (Å²) in [7, 11) is 1.19. The van der Waals surface area contributed by atoms with Gasteiger partial charge in [0.25, 0.3) is 0 Å². The molecule has 0 bridgehead atoms. The molecule has 0 aliphatic carbocycles. The number of hydrogen-bond donors (Lipinski definition) is 0. The fraction of sp³-hybridized carbons (Fsp3) is 0.0909. The van der Waals surface area contributed by atoms with Crippen molar-refractivity contribution in [3.05, 3.63) is 97.6 Å². The number of hydrogen-bond acceptors (Lipinski definition) is 3. The minimum Gasteiger partial charge on any atom is -0.465 e. The third kappa shape index (κ3) is 3.55. The minimum atomic E-state index is -0.772. The van der Waals surface area contributed by atoms with Crippen LogP contribution >= 0.6 is 27.5 Å². The van der Waals surface area contributed by atoms with E-state index in [1.807, 2.05) is 12.1 Å². The highest BCUT2D eigenvalue weighted by atomic mass is 79.9. The average molecular weight is 490 g/mol. The van der Waals surface area contributed by atoms with Crippen LogP contribution in [0.25, 0.3) is 16.7 Å². The molecule has 1 aromatic heterocycles. The van der Waals surface area contributed by atoms with Gasteiger partial charge in [0.05, 0.1) is 35.9 Å². The number of imidazole rings is 1. The minimum absolute atomic E-state index is 0.0584. The van der Waals surface area contributed by atoms with E-state index in [9.17, 15) is 14.0 Å². The van der Waals surface area contributed by atoms with Crippen LogP contribution < -0.4 is 5.69 Å². The molecule has 0 saturated carbocycles. The lowest BCUT2D eigenvalue weighted by Crippen LogP contribution is -2.24. The third-order valence-electron chi connectivity index (χ3n) is 4.79. The summed E-state index contributed by atoms with van der Waals surface area (Å²) in [6.45, 7) is -0.0584. The summed E-state index contributed by atoms with van der Waals surface area (Å²) in [6, 6.07) is 16.8. The number of rotatable bonds is 4. The molecule has 5 nitrogen and oxygen atoms in total. The maximum Gasteiger partial charge on any atom is 0.340 e. The molecule has 0 spiro atoms. The molecular weight excluding hydrogens is 475 g/mol. The second-order valence-electron chi connectivity index (χ2n) is 6.58. The smallest absolute Gasteiger partial charge is 0.340 e. The van der Waals surface area contributed by atoms with E-state index < -0.39 is 11.8 Å². The van der Waals surface area contributed by atoms with Gasteiger partial charge in [-0.25, -0.2) is 14.0 Å². The van der Waals surface area contributed by atoms with Crippen molar-refractivity contribution < 1.29 is 13.9 Å². The van der Waals surface area contributed by atoms with Gasteiger partial charge in [0, 0.05) is 15.1 Å². The van der Waals surface area contributed by atoms with Crippen LogP contribution in [0.4, 0.5) is 4.39 Å². The van der Waals surface area contributed by atoms with Crippen LogP contribution in [0.3, 0.4) is 0 Å². The predicted octanol–water partition coefficient (Wildman–Crippen LogP) is 5.18. The summed E-state index contributed by atoms with van der Waals surface area (Å²) >= 11 is 9.56. The molecular formula is C22H15BrClFN2O3. The first-order valence-electron chi connectivity index (χ1n) is 8.93. The summed E-state index contributed by atoms with van der Waals surface area (Å²) in [4.78, 5) is 25.2. The van der Waals surface area contributed by atoms with E-state index in [4.69, 9.17) is 11.6 Å². The number of methoxy groups -OCH3 is 1. The molecule has 0 radical (unpaired) electrons. The molecule has 0 aliphatic rings. The monoisotopic (exact) mass is 488 g/mol. The van der Waals surface area contributed by atoms with Gasteiger partial charge < -0.3 is 4.74 Å². The lowest BCUT2D eigenvalue weighted by atomic mass is 10.1. The fourth-order valence-corrected chi connectivity index (χ4v) is 3.79. The molecule has 0 unspecified atom stereocenters. The Kier molecular flexibility index (Phi) is 5.49. The maximum atomic E-state index is 14.9. The Labute approximate surface area is 184 Å². The van der Waals surface area contributed by atoms with E-state index in [0.29, 0.717) is 21.7 Å². The SMILES string of the molecule is COC(=O)c1cccc(Cn2c(=O)n(-c3ccc(Br)cc3)c3cc(Cl)ccc32)c1F. The van der Waals surface area contributed by atoms with Crippen molar-refractivity contribution >= 4 is 44.5 Å². The van der Waals surface area contributed by atoms with Crippen LogP contribution in [0.2, 0.25) is 5.02 Å². The fourth-order valence-electron chi connectivity index (χ4n) is 3.36. The highest BCUT2D eigenvalue weighted by Crippen LogP contribution is 2.24. The summed E-state index contributed by atoms with van der Waals surface area (Å²) < 4.78 is 23.4. The molecule has 3 aromatic carbocycles. The average Bonchev–Trinajstić information content (AvgIpc) is 3.00. The van der Waals surface area contributed by atoms with Gasteiger partial charge in [0.15, 0.2) is 0 Å². The van der Waals surface area contributed by atoms with Gasteiger partial charge in [-0.05, 0) is 48.5 Å². The van der Waals surface area contributed by atoms with E-state index in [1.165, 1.54) is 28.4 Å². The van der Waals surface area contributed by atoms with Gasteiger partial charge in [-0.15, -0.1) is 0 Å². The zero-order valence-electron chi connectivity index (χ0n) is 15.7. The zero-order chi connectivity index (χ0) is 21.4. The van der Waals surface area contributed by atoms with E-state index >= 15 is 0 Å². The van der Waals surface area contributed by atoms with Gasteiger partial charge in [0.2, 0.25) is 0 Å². The van der Waals surface area contributed by atoms with Gasteiger partial charge in [-0.2, -0.15) is 0 Å². The Morgan fingerprint density at radius 2 is 1.83 bits per heavy atom. The molecule has 0 atom stereocenters. The molecule has 0 aliphatic heterocycles. The number of aromatic nitrogens is 2. The number of halogens is 3. The first kappa shape index (κ1) is 20.4. The maximum absolute atomic E-state index is 14.9. The third-order valence-corrected chi connectivity index (χ3v) is 5.55. The number of fused-ring (bicyclic) bond motifs is 1. The molecule has 0 fully saturated rings. The van der Waals surface area contributed by atoms with Crippen molar-refractivity contribution in [1.82, 2.24) is 9.13 Å². The lowest BCUT2D eigenvalue weighted by molar-refractivity contribution is 0.0595. The van der Waals surface area contributed by atoms with E-state index in [0.717, 1.165) is 4.47 Å². The Balaban J connectivity index is 1.91. The second-order valence-corrected chi connectivity index (χ2v) is 7.94. The Hall–Kier alpha value is -2.90. The van der Waals surface area contributed by atoms with Crippen LogP contribution in [-0.4, -0.2) is 22.2 Å². The molecule has 0 N–H and O–H groups in total. The van der Waals surface area contributed by atoms with Crippen LogP contribution in [0.5, 0.6) is 0 Å². The van der Waals surface area contributed by atoms with Crippen molar-refractivity contribution in [3.8, 4) is 5.69 Å². The molecule has 4 aromatic rings. The van der Waals surface area contributed by atoms with Crippen LogP contribution in [0, 0.1) is 5.82 Å². The molecule has 30 heavy (non-hydrogen) atoms. The van der Waals surface area contributed by atoms with Gasteiger partial charge in [-0.3, -0.25) is 9.13 Å². The number of carbonyl (C=O) groups excluding carboxylic acids is 1. The molecule has 4 rings (SSSR count).